The van der Waals surface area contributed by atoms with Gasteiger partial charge in [-0.2, -0.15) is 5.26 Å². The lowest BCUT2D eigenvalue weighted by molar-refractivity contribution is 1.33. The molecule has 4 heteroatoms. The number of hydrogen-bond donors (Lipinski definition) is 0. The second-order valence-electron chi connectivity index (χ2n) is 13.3. The van der Waals surface area contributed by atoms with Crippen molar-refractivity contribution in [3.8, 4) is 50.6 Å². The first-order valence-electron chi connectivity index (χ1n) is 18.2. The first kappa shape index (κ1) is 34.6. The first-order chi connectivity index (χ1) is 27.0. The number of fused-ring (bicyclic) bond motifs is 1. The molecule has 0 fully saturated rings. The predicted octanol–water partition coefficient (Wildman–Crippen LogP) is 12.7. The van der Waals surface area contributed by atoms with Crippen LogP contribution in [0.1, 0.15) is 29.2 Å². The standard InChI is InChI=1S/C51H36N4/c1-35(38-12-5-3-6-13-38)54-51(43-14-7-4-8-15-43)55-36(2)39-19-25-42(26-20-39)47-27-28-48(50-18-10-9-17-49(47)50)46-31-37(33-52)30-45(32-46)41-23-21-40(22-24-41)44-16-11-29-53-34-44/h3-32,34H,2H2,1H3. The molecule has 0 spiro atoms. The number of aliphatic imine (C=N–C) groups is 2. The Labute approximate surface area is 321 Å². The van der Waals surface area contributed by atoms with Crippen molar-refractivity contribution in [2.45, 2.75) is 6.92 Å². The van der Waals surface area contributed by atoms with Gasteiger partial charge in [-0.1, -0.05) is 158 Å². The molecule has 4 nitrogen and oxygen atoms in total. The molecular formula is C51H36N4. The SMILES string of the molecule is C=C(N=C(N=C(C)c1ccccc1)c1ccccc1)c1ccc(-c2ccc(-c3cc(C#N)cc(-c4ccc(-c5cccnc5)cc4)c3)c3ccccc23)cc1. The van der Waals surface area contributed by atoms with Crippen molar-refractivity contribution in [2.75, 3.05) is 0 Å². The van der Waals surface area contributed by atoms with Crippen LogP contribution in [0.15, 0.2) is 205 Å². The average molecular weight is 705 g/mol. The fourth-order valence-electron chi connectivity index (χ4n) is 6.88. The minimum absolute atomic E-state index is 0.614. The zero-order valence-corrected chi connectivity index (χ0v) is 30.4. The summed E-state index contributed by atoms with van der Waals surface area (Å²) in [6, 6.07) is 62.3. The molecule has 0 amide bonds. The summed E-state index contributed by atoms with van der Waals surface area (Å²) in [5.41, 5.74) is 13.5. The second-order valence-corrected chi connectivity index (χ2v) is 13.3. The van der Waals surface area contributed by atoms with Gasteiger partial charge in [-0.15, -0.1) is 0 Å². The Bertz CT molecular complexity index is 2740. The number of nitrogens with zero attached hydrogens (tertiary/aromatic N) is 4. The van der Waals surface area contributed by atoms with Crippen LogP contribution in [0.4, 0.5) is 0 Å². The molecule has 260 valence electrons. The number of amidine groups is 1. The van der Waals surface area contributed by atoms with Crippen molar-refractivity contribution in [2.24, 2.45) is 9.98 Å². The highest BCUT2D eigenvalue weighted by atomic mass is 14.9. The van der Waals surface area contributed by atoms with Gasteiger partial charge in [-0.25, -0.2) is 9.98 Å². The van der Waals surface area contributed by atoms with Crippen LogP contribution in [0.5, 0.6) is 0 Å². The summed E-state index contributed by atoms with van der Waals surface area (Å²) in [4.78, 5) is 14.2. The second kappa shape index (κ2) is 15.6. The smallest absolute Gasteiger partial charge is 0.160 e. The molecule has 8 aromatic rings. The van der Waals surface area contributed by atoms with Crippen LogP contribution < -0.4 is 0 Å². The normalized spacial score (nSPS) is 11.6. The maximum Gasteiger partial charge on any atom is 0.160 e. The van der Waals surface area contributed by atoms with E-state index in [-0.39, 0.29) is 0 Å². The van der Waals surface area contributed by atoms with E-state index in [9.17, 15) is 5.26 Å². The fourth-order valence-corrected chi connectivity index (χ4v) is 6.88. The molecular weight excluding hydrogens is 669 g/mol. The van der Waals surface area contributed by atoms with Crippen molar-refractivity contribution >= 4 is 28.0 Å². The van der Waals surface area contributed by atoms with Crippen molar-refractivity contribution in [1.29, 1.82) is 5.26 Å². The van der Waals surface area contributed by atoms with Gasteiger partial charge in [0, 0.05) is 23.7 Å². The van der Waals surface area contributed by atoms with Crippen molar-refractivity contribution in [3.05, 3.63) is 217 Å². The molecule has 0 unspecified atom stereocenters. The van der Waals surface area contributed by atoms with E-state index in [0.717, 1.165) is 77.7 Å². The van der Waals surface area contributed by atoms with Crippen LogP contribution in [0.2, 0.25) is 0 Å². The molecule has 55 heavy (non-hydrogen) atoms. The van der Waals surface area contributed by atoms with E-state index in [1.54, 1.807) is 6.20 Å². The van der Waals surface area contributed by atoms with Crippen LogP contribution in [0.3, 0.4) is 0 Å². The van der Waals surface area contributed by atoms with Gasteiger partial charge in [0.15, 0.2) is 5.84 Å². The Morgan fingerprint density at radius 3 is 1.69 bits per heavy atom. The number of aromatic nitrogens is 1. The molecule has 0 radical (unpaired) electrons. The van der Waals surface area contributed by atoms with Crippen molar-refractivity contribution in [3.63, 3.8) is 0 Å². The van der Waals surface area contributed by atoms with Gasteiger partial charge in [0.2, 0.25) is 0 Å². The van der Waals surface area contributed by atoms with E-state index in [2.05, 4.69) is 127 Å². The van der Waals surface area contributed by atoms with Gasteiger partial charge in [-0.05, 0) is 97.6 Å². The predicted molar refractivity (Wildman–Crippen MR) is 229 cm³/mol. The van der Waals surface area contributed by atoms with E-state index in [1.165, 1.54) is 0 Å². The molecule has 0 N–H and O–H groups in total. The summed E-state index contributed by atoms with van der Waals surface area (Å²) in [6.45, 7) is 6.35. The minimum atomic E-state index is 0.614. The molecule has 7 aromatic carbocycles. The van der Waals surface area contributed by atoms with Crippen LogP contribution in [0, 0.1) is 11.3 Å². The van der Waals surface area contributed by atoms with Crippen LogP contribution in [-0.4, -0.2) is 16.5 Å². The molecule has 0 aliphatic rings. The van der Waals surface area contributed by atoms with Gasteiger partial charge in [0.1, 0.15) is 0 Å². The zero-order chi connectivity index (χ0) is 37.6. The molecule has 0 atom stereocenters. The average Bonchev–Trinajstić information content (AvgIpc) is 3.26. The number of benzene rings is 7. The minimum Gasteiger partial charge on any atom is -0.264 e. The first-order valence-corrected chi connectivity index (χ1v) is 18.2. The third-order valence-electron chi connectivity index (χ3n) is 9.78. The highest BCUT2D eigenvalue weighted by Crippen LogP contribution is 2.38. The lowest BCUT2D eigenvalue weighted by atomic mass is 9.89. The number of nitriles is 1. The Morgan fingerprint density at radius 1 is 0.509 bits per heavy atom. The molecule has 0 bridgehead atoms. The quantitative estimate of drug-likeness (QED) is 0.117. The summed E-state index contributed by atoms with van der Waals surface area (Å²) >= 11 is 0. The van der Waals surface area contributed by atoms with Crippen LogP contribution in [-0.2, 0) is 0 Å². The van der Waals surface area contributed by atoms with E-state index in [1.807, 2.05) is 79.9 Å². The summed E-state index contributed by atoms with van der Waals surface area (Å²) in [6.07, 6.45) is 3.64. The maximum absolute atomic E-state index is 10.1. The third kappa shape index (κ3) is 7.55. The van der Waals surface area contributed by atoms with Gasteiger partial charge in [0.25, 0.3) is 0 Å². The third-order valence-corrected chi connectivity index (χ3v) is 9.78. The Morgan fingerprint density at radius 2 is 1.07 bits per heavy atom. The van der Waals surface area contributed by atoms with Gasteiger partial charge in [-0.3, -0.25) is 4.98 Å². The Hall–Kier alpha value is -7.48. The summed E-state index contributed by atoms with van der Waals surface area (Å²) < 4.78 is 0. The number of pyridine rings is 1. The highest BCUT2D eigenvalue weighted by Gasteiger charge is 2.13. The van der Waals surface area contributed by atoms with Crippen molar-refractivity contribution < 1.29 is 0 Å². The van der Waals surface area contributed by atoms with Gasteiger partial charge < -0.3 is 0 Å². The van der Waals surface area contributed by atoms with Crippen molar-refractivity contribution in [1.82, 2.24) is 4.98 Å². The molecule has 1 aromatic heterocycles. The van der Waals surface area contributed by atoms with Gasteiger partial charge >= 0.3 is 0 Å². The van der Waals surface area contributed by atoms with E-state index < -0.39 is 0 Å². The highest BCUT2D eigenvalue weighted by molar-refractivity contribution is 6.12. The lowest BCUT2D eigenvalue weighted by Crippen LogP contribution is -2.04. The molecule has 0 aliphatic carbocycles. The molecule has 1 heterocycles. The number of hydrogen-bond acceptors (Lipinski definition) is 3. The Balaban J connectivity index is 1.11. The molecule has 0 aliphatic heterocycles. The Kier molecular flexibility index (Phi) is 9.83. The van der Waals surface area contributed by atoms with E-state index >= 15 is 0 Å². The number of rotatable bonds is 8. The van der Waals surface area contributed by atoms with Crippen LogP contribution >= 0.6 is 0 Å². The topological polar surface area (TPSA) is 61.4 Å². The molecule has 0 saturated carbocycles. The molecule has 8 rings (SSSR count). The summed E-state index contributed by atoms with van der Waals surface area (Å²) in [5, 5.41) is 12.3. The summed E-state index contributed by atoms with van der Waals surface area (Å²) in [5.74, 6) is 0.614. The maximum atomic E-state index is 10.1. The van der Waals surface area contributed by atoms with Crippen LogP contribution in [0.25, 0.3) is 61.0 Å². The summed E-state index contributed by atoms with van der Waals surface area (Å²) in [7, 11) is 0. The lowest BCUT2D eigenvalue weighted by Gasteiger charge is -2.14. The zero-order valence-electron chi connectivity index (χ0n) is 30.4. The van der Waals surface area contributed by atoms with E-state index in [4.69, 9.17) is 9.98 Å². The van der Waals surface area contributed by atoms with E-state index in [0.29, 0.717) is 17.1 Å². The monoisotopic (exact) mass is 704 g/mol. The van der Waals surface area contributed by atoms with Gasteiger partial charge in [0.05, 0.1) is 17.3 Å². The molecule has 0 saturated heterocycles. The fraction of sp³-hybridized carbons (Fsp3) is 0.0196. The largest absolute Gasteiger partial charge is 0.264 e.